The van der Waals surface area contributed by atoms with Gasteiger partial charge in [0.05, 0.1) is 7.11 Å². The third-order valence-corrected chi connectivity index (χ3v) is 3.89. The van der Waals surface area contributed by atoms with Crippen LogP contribution in [0.2, 0.25) is 0 Å². The molecule has 1 aliphatic rings. The van der Waals surface area contributed by atoms with E-state index in [4.69, 9.17) is 4.74 Å². The summed E-state index contributed by atoms with van der Waals surface area (Å²) in [5, 5.41) is 3.36. The average molecular weight is 313 g/mol. The van der Waals surface area contributed by atoms with Crippen molar-refractivity contribution in [1.82, 2.24) is 10.2 Å². The molecule has 1 fully saturated rings. The van der Waals surface area contributed by atoms with Crippen molar-refractivity contribution in [2.24, 2.45) is 0 Å². The summed E-state index contributed by atoms with van der Waals surface area (Å²) in [5.41, 5.74) is 1.18. The molecule has 0 spiro atoms. The molecule has 2 unspecified atom stereocenters. The van der Waals surface area contributed by atoms with E-state index in [0.29, 0.717) is 12.5 Å². The fourth-order valence-corrected chi connectivity index (χ4v) is 2.60. The van der Waals surface area contributed by atoms with Crippen molar-refractivity contribution in [3.05, 3.63) is 29.8 Å². The molecule has 0 aromatic heterocycles. The number of nitrogens with zero attached hydrogens (tertiary/aromatic N) is 1. The van der Waals surface area contributed by atoms with Gasteiger partial charge in [0, 0.05) is 32.1 Å². The van der Waals surface area contributed by atoms with Gasteiger partial charge < -0.3 is 15.0 Å². The Balaban J connectivity index is 0.00000220. The molecule has 0 bridgehead atoms. The normalized spacial score (nSPS) is 19.6. The minimum atomic E-state index is 0. The Morgan fingerprint density at radius 2 is 2.10 bits per heavy atom. The number of hydrogen-bond acceptors (Lipinski definition) is 3. The monoisotopic (exact) mass is 312 g/mol. The molecule has 0 radical (unpaired) electrons. The maximum Gasteiger partial charge on any atom is 0.223 e. The van der Waals surface area contributed by atoms with Gasteiger partial charge in [-0.05, 0) is 30.5 Å². The summed E-state index contributed by atoms with van der Waals surface area (Å²) < 4.78 is 5.15. The number of benzene rings is 1. The molecule has 1 aromatic rings. The van der Waals surface area contributed by atoms with Crippen LogP contribution < -0.4 is 10.1 Å². The highest BCUT2D eigenvalue weighted by Gasteiger charge is 2.22. The average Bonchev–Trinajstić information content (AvgIpc) is 2.47. The minimum Gasteiger partial charge on any atom is -0.497 e. The first-order valence-electron chi connectivity index (χ1n) is 7.25. The number of methoxy groups -OCH3 is 1. The van der Waals surface area contributed by atoms with E-state index in [1.807, 2.05) is 29.2 Å². The second-order valence-electron chi connectivity index (χ2n) is 5.57. The van der Waals surface area contributed by atoms with E-state index >= 15 is 0 Å². The van der Waals surface area contributed by atoms with Gasteiger partial charge in [0.1, 0.15) is 5.75 Å². The van der Waals surface area contributed by atoms with Crippen LogP contribution in [0.3, 0.4) is 0 Å². The molecule has 4 nitrogen and oxygen atoms in total. The zero-order valence-electron chi connectivity index (χ0n) is 13.0. The summed E-state index contributed by atoms with van der Waals surface area (Å²) in [5.74, 6) is 1.34. The first kappa shape index (κ1) is 17.8. The van der Waals surface area contributed by atoms with E-state index in [9.17, 15) is 4.79 Å². The Kier molecular flexibility index (Phi) is 6.99. The molecular weight excluding hydrogens is 288 g/mol. The number of rotatable bonds is 4. The van der Waals surface area contributed by atoms with Gasteiger partial charge in [-0.3, -0.25) is 4.79 Å². The molecule has 0 aliphatic carbocycles. The Bertz CT molecular complexity index is 450. The summed E-state index contributed by atoms with van der Waals surface area (Å²) in [4.78, 5) is 14.3. The summed E-state index contributed by atoms with van der Waals surface area (Å²) in [6.07, 6.45) is 0.569. The fraction of sp³-hybridized carbons (Fsp3) is 0.562. The maximum atomic E-state index is 12.3. The number of hydrogen-bond donors (Lipinski definition) is 1. The van der Waals surface area contributed by atoms with Crippen molar-refractivity contribution in [2.75, 3.05) is 26.7 Å². The number of nitrogens with one attached hydrogen (secondary N) is 1. The van der Waals surface area contributed by atoms with E-state index in [1.165, 1.54) is 5.56 Å². The van der Waals surface area contributed by atoms with Crippen LogP contribution in [-0.4, -0.2) is 43.6 Å². The molecule has 5 heteroatoms. The third kappa shape index (κ3) is 4.90. The van der Waals surface area contributed by atoms with Gasteiger partial charge >= 0.3 is 0 Å². The van der Waals surface area contributed by atoms with Crippen molar-refractivity contribution in [3.8, 4) is 5.75 Å². The topological polar surface area (TPSA) is 41.6 Å². The predicted octanol–water partition coefficient (Wildman–Crippen LogP) is 2.43. The zero-order valence-corrected chi connectivity index (χ0v) is 13.8. The highest BCUT2D eigenvalue weighted by molar-refractivity contribution is 5.85. The standard InChI is InChI=1S/C16H24N2O2.ClH/c1-12(14-4-6-15(20-3)7-5-14)10-16(19)18-9-8-17-13(2)11-18;/h4-7,12-13,17H,8-11H2,1-3H3;1H. The van der Waals surface area contributed by atoms with E-state index in [1.54, 1.807) is 7.11 Å². The van der Waals surface area contributed by atoms with E-state index < -0.39 is 0 Å². The van der Waals surface area contributed by atoms with E-state index in [-0.39, 0.29) is 24.2 Å². The molecule has 1 N–H and O–H groups in total. The van der Waals surface area contributed by atoms with Crippen LogP contribution >= 0.6 is 12.4 Å². The lowest BCUT2D eigenvalue weighted by Gasteiger charge is -2.32. The number of amides is 1. The maximum absolute atomic E-state index is 12.3. The van der Waals surface area contributed by atoms with Crippen LogP contribution in [0.15, 0.2) is 24.3 Å². The van der Waals surface area contributed by atoms with Gasteiger partial charge in [-0.1, -0.05) is 19.1 Å². The highest BCUT2D eigenvalue weighted by atomic mass is 35.5. The van der Waals surface area contributed by atoms with Crippen LogP contribution in [0, 0.1) is 0 Å². The Morgan fingerprint density at radius 1 is 1.43 bits per heavy atom. The summed E-state index contributed by atoms with van der Waals surface area (Å²) >= 11 is 0. The molecule has 0 saturated carbocycles. The quantitative estimate of drug-likeness (QED) is 0.928. The summed E-state index contributed by atoms with van der Waals surface area (Å²) in [6, 6.07) is 8.37. The Hall–Kier alpha value is -1.26. The minimum absolute atomic E-state index is 0. The van der Waals surface area contributed by atoms with Crippen molar-refractivity contribution < 1.29 is 9.53 Å². The van der Waals surface area contributed by atoms with Crippen molar-refractivity contribution in [3.63, 3.8) is 0 Å². The molecule has 118 valence electrons. The van der Waals surface area contributed by atoms with Crippen molar-refractivity contribution in [2.45, 2.75) is 32.2 Å². The van der Waals surface area contributed by atoms with Gasteiger partial charge in [0.25, 0.3) is 0 Å². The second kappa shape index (κ2) is 8.25. The molecular formula is C16H25ClN2O2. The van der Waals surface area contributed by atoms with Gasteiger partial charge in [-0.2, -0.15) is 0 Å². The molecule has 1 saturated heterocycles. The number of ether oxygens (including phenoxy) is 1. The predicted molar refractivity (Wildman–Crippen MR) is 87.3 cm³/mol. The Morgan fingerprint density at radius 3 is 2.67 bits per heavy atom. The van der Waals surface area contributed by atoms with Crippen molar-refractivity contribution >= 4 is 18.3 Å². The van der Waals surface area contributed by atoms with Gasteiger partial charge in [0.15, 0.2) is 0 Å². The van der Waals surface area contributed by atoms with E-state index in [0.717, 1.165) is 25.4 Å². The lowest BCUT2D eigenvalue weighted by atomic mass is 9.97. The zero-order chi connectivity index (χ0) is 14.5. The van der Waals surface area contributed by atoms with Crippen molar-refractivity contribution in [1.29, 1.82) is 0 Å². The number of halogens is 1. The lowest BCUT2D eigenvalue weighted by Crippen LogP contribution is -2.51. The number of carbonyl (C=O) groups is 1. The van der Waals surface area contributed by atoms with Crippen LogP contribution in [0.25, 0.3) is 0 Å². The first-order chi connectivity index (χ1) is 9.60. The second-order valence-corrected chi connectivity index (χ2v) is 5.57. The third-order valence-electron chi connectivity index (χ3n) is 3.89. The lowest BCUT2D eigenvalue weighted by molar-refractivity contribution is -0.132. The molecule has 1 aromatic carbocycles. The smallest absolute Gasteiger partial charge is 0.223 e. The van der Waals surface area contributed by atoms with Crippen LogP contribution in [0.1, 0.15) is 31.7 Å². The highest BCUT2D eigenvalue weighted by Crippen LogP contribution is 2.22. The van der Waals surface area contributed by atoms with Crippen LogP contribution in [0.4, 0.5) is 0 Å². The number of piperazine rings is 1. The summed E-state index contributed by atoms with van der Waals surface area (Å²) in [6.45, 7) is 6.74. The largest absolute Gasteiger partial charge is 0.497 e. The molecule has 1 heterocycles. The molecule has 1 amide bonds. The Labute approximate surface area is 133 Å². The van der Waals surface area contributed by atoms with E-state index in [2.05, 4.69) is 19.2 Å². The van der Waals surface area contributed by atoms with Gasteiger partial charge in [-0.25, -0.2) is 0 Å². The SMILES string of the molecule is COc1ccc(C(C)CC(=O)N2CCNC(C)C2)cc1.Cl. The first-order valence-corrected chi connectivity index (χ1v) is 7.25. The van der Waals surface area contributed by atoms with Gasteiger partial charge in [-0.15, -0.1) is 12.4 Å². The molecule has 2 rings (SSSR count). The number of carbonyl (C=O) groups excluding carboxylic acids is 1. The van der Waals surface area contributed by atoms with Gasteiger partial charge in [0.2, 0.25) is 5.91 Å². The molecule has 1 aliphatic heterocycles. The molecule has 2 atom stereocenters. The fourth-order valence-electron chi connectivity index (χ4n) is 2.60. The van der Waals surface area contributed by atoms with Crippen LogP contribution in [0.5, 0.6) is 5.75 Å². The molecule has 21 heavy (non-hydrogen) atoms. The van der Waals surface area contributed by atoms with Crippen LogP contribution in [-0.2, 0) is 4.79 Å². The summed E-state index contributed by atoms with van der Waals surface area (Å²) in [7, 11) is 1.66.